The molecule has 0 aliphatic heterocycles. The van der Waals surface area contributed by atoms with Crippen LogP contribution >= 0.6 is 0 Å². The van der Waals surface area contributed by atoms with Crippen LogP contribution in [0.4, 0.5) is 0 Å². The highest BCUT2D eigenvalue weighted by Gasteiger charge is 2.33. The molecule has 1 N–H and O–H groups in total. The molecule has 0 bridgehead atoms. The molecule has 0 radical (unpaired) electrons. The SMILES string of the molecule is CCCN(Cc1cccn1Cc1ccc(C(=O)N[C@H](C)CC)o1)C(=O)C1CC1. The lowest BCUT2D eigenvalue weighted by Crippen LogP contribution is -2.33. The molecule has 1 saturated carbocycles. The molecule has 152 valence electrons. The minimum atomic E-state index is -0.183. The van der Waals surface area contributed by atoms with Crippen molar-refractivity contribution in [2.24, 2.45) is 5.92 Å². The molecular weight excluding hydrogens is 354 g/mol. The maximum atomic E-state index is 12.5. The van der Waals surface area contributed by atoms with Crippen molar-refractivity contribution in [3.8, 4) is 0 Å². The van der Waals surface area contributed by atoms with Gasteiger partial charge in [-0.3, -0.25) is 9.59 Å². The Bertz CT molecular complexity index is 804. The van der Waals surface area contributed by atoms with Crippen LogP contribution in [0.5, 0.6) is 0 Å². The molecule has 0 unspecified atom stereocenters. The van der Waals surface area contributed by atoms with E-state index in [1.54, 1.807) is 6.07 Å². The number of aromatic nitrogens is 1. The summed E-state index contributed by atoms with van der Waals surface area (Å²) >= 11 is 0. The molecule has 0 aromatic carbocycles. The fraction of sp³-hybridized carbons (Fsp3) is 0.545. The third kappa shape index (κ3) is 5.06. The highest BCUT2D eigenvalue weighted by Crippen LogP contribution is 2.31. The Kier molecular flexibility index (Phi) is 6.60. The molecule has 3 rings (SSSR count). The monoisotopic (exact) mass is 385 g/mol. The Hall–Kier alpha value is -2.50. The third-order valence-electron chi connectivity index (χ3n) is 5.21. The van der Waals surface area contributed by atoms with Gasteiger partial charge in [-0.2, -0.15) is 0 Å². The number of carbonyl (C=O) groups excluding carboxylic acids is 2. The van der Waals surface area contributed by atoms with Crippen LogP contribution < -0.4 is 5.32 Å². The summed E-state index contributed by atoms with van der Waals surface area (Å²) in [5, 5.41) is 2.91. The summed E-state index contributed by atoms with van der Waals surface area (Å²) in [5.74, 6) is 1.38. The predicted octanol–water partition coefficient (Wildman–Crippen LogP) is 3.81. The lowest BCUT2D eigenvalue weighted by atomic mass is 10.2. The van der Waals surface area contributed by atoms with E-state index >= 15 is 0 Å². The maximum absolute atomic E-state index is 12.5. The Labute approximate surface area is 166 Å². The van der Waals surface area contributed by atoms with Gasteiger partial charge in [-0.05, 0) is 56.9 Å². The highest BCUT2D eigenvalue weighted by molar-refractivity contribution is 5.91. The zero-order valence-corrected chi connectivity index (χ0v) is 17.1. The minimum absolute atomic E-state index is 0.116. The largest absolute Gasteiger partial charge is 0.454 e. The van der Waals surface area contributed by atoms with Gasteiger partial charge >= 0.3 is 0 Å². The van der Waals surface area contributed by atoms with E-state index in [9.17, 15) is 9.59 Å². The van der Waals surface area contributed by atoms with Crippen molar-refractivity contribution < 1.29 is 14.0 Å². The number of furan rings is 1. The molecule has 1 aliphatic rings. The molecule has 1 aliphatic carbocycles. The third-order valence-corrected chi connectivity index (χ3v) is 5.21. The molecule has 1 atom stereocenters. The number of hydrogen-bond donors (Lipinski definition) is 1. The standard InChI is InChI=1S/C22H31N3O3/c1-4-12-25(22(27)17-8-9-17)14-18-7-6-13-24(18)15-19-10-11-20(28-19)21(26)23-16(3)5-2/h6-7,10-11,13,16-17H,4-5,8-9,12,14-15H2,1-3H3,(H,23,26)/t16-/m1/s1. The minimum Gasteiger partial charge on any atom is -0.454 e. The smallest absolute Gasteiger partial charge is 0.287 e. The van der Waals surface area contributed by atoms with Gasteiger partial charge in [-0.15, -0.1) is 0 Å². The summed E-state index contributed by atoms with van der Waals surface area (Å²) in [5.41, 5.74) is 1.07. The second-order valence-electron chi connectivity index (χ2n) is 7.71. The number of rotatable bonds is 10. The van der Waals surface area contributed by atoms with E-state index in [4.69, 9.17) is 4.42 Å². The van der Waals surface area contributed by atoms with E-state index in [1.165, 1.54) is 0 Å². The van der Waals surface area contributed by atoms with E-state index in [0.29, 0.717) is 18.8 Å². The summed E-state index contributed by atoms with van der Waals surface area (Å²) in [6.07, 6.45) is 5.86. The Morgan fingerprint density at radius 3 is 2.75 bits per heavy atom. The number of amides is 2. The van der Waals surface area contributed by atoms with Gasteiger partial charge in [0.05, 0.1) is 13.1 Å². The van der Waals surface area contributed by atoms with Crippen LogP contribution in [0.15, 0.2) is 34.9 Å². The van der Waals surface area contributed by atoms with Crippen molar-refractivity contribution in [3.63, 3.8) is 0 Å². The van der Waals surface area contributed by atoms with Gasteiger partial charge in [0, 0.05) is 30.4 Å². The number of nitrogens with zero attached hydrogens (tertiary/aromatic N) is 2. The summed E-state index contributed by atoms with van der Waals surface area (Å²) in [6.45, 7) is 8.03. The van der Waals surface area contributed by atoms with Crippen LogP contribution in [0, 0.1) is 5.92 Å². The van der Waals surface area contributed by atoms with E-state index in [2.05, 4.69) is 16.8 Å². The summed E-state index contributed by atoms with van der Waals surface area (Å²) in [7, 11) is 0. The van der Waals surface area contributed by atoms with Gasteiger partial charge in [0.2, 0.25) is 5.91 Å². The van der Waals surface area contributed by atoms with Gasteiger partial charge in [0.15, 0.2) is 5.76 Å². The number of nitrogens with one attached hydrogen (secondary N) is 1. The lowest BCUT2D eigenvalue weighted by Gasteiger charge is -2.23. The topological polar surface area (TPSA) is 67.5 Å². The molecule has 2 aromatic heterocycles. The second-order valence-corrected chi connectivity index (χ2v) is 7.71. The molecule has 2 heterocycles. The maximum Gasteiger partial charge on any atom is 0.287 e. The van der Waals surface area contributed by atoms with E-state index < -0.39 is 0 Å². The van der Waals surface area contributed by atoms with Gasteiger partial charge in [-0.25, -0.2) is 0 Å². The zero-order chi connectivity index (χ0) is 20.1. The molecule has 2 amide bonds. The van der Waals surface area contributed by atoms with Crippen LogP contribution in [0.25, 0.3) is 0 Å². The van der Waals surface area contributed by atoms with Gasteiger partial charge in [0.25, 0.3) is 5.91 Å². The first-order chi connectivity index (χ1) is 13.5. The van der Waals surface area contributed by atoms with Crippen LogP contribution in [0.2, 0.25) is 0 Å². The fourth-order valence-electron chi connectivity index (χ4n) is 3.22. The average molecular weight is 386 g/mol. The van der Waals surface area contributed by atoms with Gasteiger partial charge in [0.1, 0.15) is 5.76 Å². The van der Waals surface area contributed by atoms with E-state index in [0.717, 1.165) is 43.7 Å². The molecule has 6 nitrogen and oxygen atoms in total. The summed E-state index contributed by atoms with van der Waals surface area (Å²) in [4.78, 5) is 26.7. The number of hydrogen-bond acceptors (Lipinski definition) is 3. The molecular formula is C22H31N3O3. The van der Waals surface area contributed by atoms with Crippen molar-refractivity contribution in [3.05, 3.63) is 47.7 Å². The summed E-state index contributed by atoms with van der Waals surface area (Å²) < 4.78 is 7.84. The lowest BCUT2D eigenvalue weighted by molar-refractivity contribution is -0.133. The van der Waals surface area contributed by atoms with Gasteiger partial charge < -0.3 is 19.2 Å². The first kappa shape index (κ1) is 20.2. The predicted molar refractivity (Wildman–Crippen MR) is 108 cm³/mol. The zero-order valence-electron chi connectivity index (χ0n) is 17.1. The highest BCUT2D eigenvalue weighted by atomic mass is 16.4. The average Bonchev–Trinajstić information content (AvgIpc) is 3.28. The fourth-order valence-corrected chi connectivity index (χ4v) is 3.22. The molecule has 1 fully saturated rings. The van der Waals surface area contributed by atoms with Crippen molar-refractivity contribution in [2.45, 2.75) is 65.6 Å². The van der Waals surface area contributed by atoms with E-state index in [1.807, 2.05) is 43.1 Å². The summed E-state index contributed by atoms with van der Waals surface area (Å²) in [6, 6.07) is 7.71. The van der Waals surface area contributed by atoms with E-state index in [-0.39, 0.29) is 23.8 Å². The van der Waals surface area contributed by atoms with Crippen molar-refractivity contribution >= 4 is 11.8 Å². The molecule has 0 saturated heterocycles. The second kappa shape index (κ2) is 9.13. The van der Waals surface area contributed by atoms with Crippen LogP contribution in [-0.4, -0.2) is 33.9 Å². The molecule has 2 aromatic rings. The quantitative estimate of drug-likeness (QED) is 0.676. The van der Waals surface area contributed by atoms with Crippen molar-refractivity contribution in [1.29, 1.82) is 0 Å². The van der Waals surface area contributed by atoms with Gasteiger partial charge in [-0.1, -0.05) is 13.8 Å². The Balaban J connectivity index is 1.65. The molecule has 0 spiro atoms. The Morgan fingerprint density at radius 2 is 2.07 bits per heavy atom. The first-order valence-electron chi connectivity index (χ1n) is 10.3. The number of carbonyl (C=O) groups is 2. The Morgan fingerprint density at radius 1 is 1.29 bits per heavy atom. The normalized spacial score (nSPS) is 14.7. The first-order valence-corrected chi connectivity index (χ1v) is 10.3. The van der Waals surface area contributed by atoms with Crippen LogP contribution in [-0.2, 0) is 17.9 Å². The molecule has 28 heavy (non-hydrogen) atoms. The molecule has 6 heteroatoms. The van der Waals surface area contributed by atoms with Crippen LogP contribution in [0.3, 0.4) is 0 Å². The van der Waals surface area contributed by atoms with Crippen LogP contribution in [0.1, 0.15) is 68.5 Å². The van der Waals surface area contributed by atoms with Crippen molar-refractivity contribution in [2.75, 3.05) is 6.54 Å². The van der Waals surface area contributed by atoms with Crippen molar-refractivity contribution in [1.82, 2.24) is 14.8 Å².